The van der Waals surface area contributed by atoms with Crippen LogP contribution in [0.1, 0.15) is 71.9 Å². The molecule has 5 aliphatic rings. The molecule has 7 rings (SSSR count). The lowest BCUT2D eigenvalue weighted by Crippen LogP contribution is -2.45. The zero-order valence-electron chi connectivity index (χ0n) is 23.1. The number of ether oxygens (including phenoxy) is 2. The van der Waals surface area contributed by atoms with Gasteiger partial charge in [0.2, 0.25) is 5.88 Å². The maximum Gasteiger partial charge on any atom is 0.320 e. The number of hydrogen-bond donors (Lipinski definition) is 1. The van der Waals surface area contributed by atoms with Crippen LogP contribution in [0.5, 0.6) is 5.88 Å². The highest BCUT2D eigenvalue weighted by Gasteiger charge is 2.40. The first kappa shape index (κ1) is 25.7. The van der Waals surface area contributed by atoms with Gasteiger partial charge in [-0.2, -0.15) is 15.4 Å². The number of likely N-dealkylation sites (tertiary alicyclic amines) is 2. The second-order valence-electron chi connectivity index (χ2n) is 12.2. The van der Waals surface area contributed by atoms with Crippen molar-refractivity contribution in [1.29, 1.82) is 0 Å². The molecule has 4 fully saturated rings. The minimum atomic E-state index is 0.0739. The summed E-state index contributed by atoms with van der Waals surface area (Å²) in [5.41, 5.74) is 3.53. The van der Waals surface area contributed by atoms with Crippen molar-refractivity contribution in [2.75, 3.05) is 52.5 Å². The Hall–Kier alpha value is -3.21. The van der Waals surface area contributed by atoms with E-state index in [1.54, 1.807) is 0 Å². The van der Waals surface area contributed by atoms with Crippen LogP contribution in [0.3, 0.4) is 0 Å². The molecule has 3 saturated heterocycles. The van der Waals surface area contributed by atoms with E-state index in [0.29, 0.717) is 67.9 Å². The van der Waals surface area contributed by atoms with Gasteiger partial charge in [-0.05, 0) is 62.3 Å². The Bertz CT molecular complexity index is 1220. The number of fused-ring (bicyclic) bond motifs is 2. The lowest BCUT2D eigenvalue weighted by molar-refractivity contribution is 0.0490. The Kier molecular flexibility index (Phi) is 7.07. The van der Waals surface area contributed by atoms with Crippen molar-refractivity contribution >= 4 is 11.9 Å². The summed E-state index contributed by atoms with van der Waals surface area (Å²) in [6.07, 6.45) is 6.85. The van der Waals surface area contributed by atoms with Crippen molar-refractivity contribution in [1.82, 2.24) is 35.1 Å². The highest BCUT2D eigenvalue weighted by molar-refractivity contribution is 5.94. The monoisotopic (exact) mass is 549 g/mol. The van der Waals surface area contributed by atoms with Gasteiger partial charge in [0, 0.05) is 75.6 Å². The number of rotatable bonds is 5. The van der Waals surface area contributed by atoms with Crippen LogP contribution < -0.4 is 4.74 Å². The molecule has 1 aliphatic carbocycles. The smallest absolute Gasteiger partial charge is 0.320 e. The number of nitrogens with one attached hydrogen (secondary N) is 1. The van der Waals surface area contributed by atoms with E-state index in [-0.39, 0.29) is 11.9 Å². The molecule has 214 valence electrons. The van der Waals surface area contributed by atoms with Gasteiger partial charge in [-0.25, -0.2) is 9.78 Å². The molecule has 6 heterocycles. The number of urea groups is 1. The van der Waals surface area contributed by atoms with Gasteiger partial charge in [-0.1, -0.05) is 0 Å². The summed E-state index contributed by atoms with van der Waals surface area (Å²) in [6.45, 7) is 6.36. The normalized spacial score (nSPS) is 25.4. The van der Waals surface area contributed by atoms with Gasteiger partial charge in [0.25, 0.3) is 5.91 Å². The first-order valence-electron chi connectivity index (χ1n) is 15.0. The molecule has 40 heavy (non-hydrogen) atoms. The van der Waals surface area contributed by atoms with Crippen molar-refractivity contribution in [2.45, 2.75) is 57.4 Å². The summed E-state index contributed by atoms with van der Waals surface area (Å²) >= 11 is 0. The van der Waals surface area contributed by atoms with Crippen molar-refractivity contribution in [2.24, 2.45) is 17.8 Å². The van der Waals surface area contributed by atoms with Crippen molar-refractivity contribution < 1.29 is 19.1 Å². The number of H-pyrrole nitrogens is 1. The second kappa shape index (κ2) is 11.0. The van der Waals surface area contributed by atoms with Crippen LogP contribution in [0.4, 0.5) is 4.79 Å². The zero-order valence-corrected chi connectivity index (χ0v) is 23.1. The van der Waals surface area contributed by atoms with Gasteiger partial charge in [0.15, 0.2) is 0 Å². The quantitative estimate of drug-likeness (QED) is 0.610. The molecule has 1 unspecified atom stereocenters. The third-order valence-electron chi connectivity index (χ3n) is 9.48. The average molecular weight is 550 g/mol. The van der Waals surface area contributed by atoms with E-state index in [2.05, 4.69) is 15.4 Å². The Balaban J connectivity index is 0.969. The molecule has 1 N–H and O–H groups in total. The molecule has 2 atom stereocenters. The summed E-state index contributed by atoms with van der Waals surface area (Å²) in [5, 5.41) is 11.1. The fraction of sp³-hybridized carbons (Fsp3) is 0.690. The van der Waals surface area contributed by atoms with E-state index >= 15 is 0 Å². The fourth-order valence-corrected chi connectivity index (χ4v) is 6.78. The van der Waals surface area contributed by atoms with Crippen LogP contribution in [0, 0.1) is 17.8 Å². The minimum Gasteiger partial charge on any atom is -0.477 e. The number of carbonyl (C=O) groups is 2. The molecule has 2 aromatic heterocycles. The molecule has 0 aromatic carbocycles. The Morgan fingerprint density at radius 2 is 1.65 bits per heavy atom. The van der Waals surface area contributed by atoms with E-state index in [1.165, 1.54) is 0 Å². The van der Waals surface area contributed by atoms with Crippen LogP contribution in [0.15, 0.2) is 12.1 Å². The number of hydrogen-bond acceptors (Lipinski definition) is 7. The molecule has 0 bridgehead atoms. The highest BCUT2D eigenvalue weighted by Crippen LogP contribution is 2.40. The lowest BCUT2D eigenvalue weighted by Gasteiger charge is -2.30. The predicted octanol–water partition coefficient (Wildman–Crippen LogP) is 2.84. The number of aromatic nitrogens is 4. The molecule has 1 saturated carbocycles. The molecule has 2 aromatic rings. The number of amides is 3. The summed E-state index contributed by atoms with van der Waals surface area (Å²) in [6, 6.07) is 3.94. The number of aromatic amines is 1. The molecule has 0 radical (unpaired) electrons. The fourth-order valence-electron chi connectivity index (χ4n) is 6.78. The van der Waals surface area contributed by atoms with E-state index in [9.17, 15) is 9.59 Å². The van der Waals surface area contributed by atoms with Gasteiger partial charge in [-0.15, -0.1) is 0 Å². The first-order valence-corrected chi connectivity index (χ1v) is 15.0. The van der Waals surface area contributed by atoms with Crippen LogP contribution in [0.2, 0.25) is 0 Å². The van der Waals surface area contributed by atoms with Gasteiger partial charge in [-0.3, -0.25) is 4.79 Å². The molecular formula is C29H39N7O4. The largest absolute Gasteiger partial charge is 0.477 e. The Morgan fingerprint density at radius 1 is 0.900 bits per heavy atom. The molecule has 4 aliphatic heterocycles. The average Bonchev–Trinajstić information content (AvgIpc) is 3.66. The third-order valence-corrected chi connectivity index (χ3v) is 9.48. The number of nitrogens with zero attached hydrogens (tertiary/aromatic N) is 6. The van der Waals surface area contributed by atoms with Gasteiger partial charge < -0.3 is 24.2 Å². The third kappa shape index (κ3) is 5.40. The number of carbonyl (C=O) groups excluding carboxylic acids is 2. The predicted molar refractivity (Wildman–Crippen MR) is 145 cm³/mol. The standard InChI is InChI=1S/C29H39N7O4/c37-28(23-13-25(20-1-2-20)30-27(14-23)40-18-19-6-11-39-12-7-19)34-8-3-21-15-36(16-22(21)4-9-34)29(38)35-10-5-24-26(17-35)32-33-31-24/h13-14,19-22H,1-12,15-18H2,(H,31,32,33)/t21-,22?/m0/s1. The molecular weight excluding hydrogens is 510 g/mol. The molecule has 0 spiro atoms. The molecule has 3 amide bonds. The molecule has 11 heteroatoms. The van der Waals surface area contributed by atoms with Gasteiger partial charge in [0.05, 0.1) is 18.8 Å². The first-order chi connectivity index (χ1) is 19.6. The maximum absolute atomic E-state index is 13.7. The van der Waals surface area contributed by atoms with Crippen LogP contribution in [-0.2, 0) is 17.7 Å². The van der Waals surface area contributed by atoms with Crippen molar-refractivity contribution in [3.63, 3.8) is 0 Å². The van der Waals surface area contributed by atoms with E-state index in [0.717, 1.165) is 88.3 Å². The maximum atomic E-state index is 13.7. The van der Waals surface area contributed by atoms with Crippen molar-refractivity contribution in [3.8, 4) is 5.88 Å². The summed E-state index contributed by atoms with van der Waals surface area (Å²) in [5.74, 6) is 2.42. The summed E-state index contributed by atoms with van der Waals surface area (Å²) in [4.78, 5) is 37.7. The minimum absolute atomic E-state index is 0.0739. The van der Waals surface area contributed by atoms with Crippen LogP contribution in [-0.4, -0.2) is 99.6 Å². The Morgan fingerprint density at radius 3 is 2.40 bits per heavy atom. The molecule has 11 nitrogen and oxygen atoms in total. The zero-order chi connectivity index (χ0) is 27.1. The Labute approximate surface area is 234 Å². The van der Waals surface area contributed by atoms with E-state index < -0.39 is 0 Å². The lowest BCUT2D eigenvalue weighted by atomic mass is 9.92. The van der Waals surface area contributed by atoms with Crippen LogP contribution >= 0.6 is 0 Å². The second-order valence-corrected chi connectivity index (χ2v) is 12.2. The highest BCUT2D eigenvalue weighted by atomic mass is 16.5. The topological polar surface area (TPSA) is 117 Å². The van der Waals surface area contributed by atoms with E-state index in [1.807, 2.05) is 26.8 Å². The van der Waals surface area contributed by atoms with Gasteiger partial charge >= 0.3 is 6.03 Å². The summed E-state index contributed by atoms with van der Waals surface area (Å²) < 4.78 is 11.6. The van der Waals surface area contributed by atoms with E-state index in [4.69, 9.17) is 14.5 Å². The van der Waals surface area contributed by atoms with Crippen LogP contribution in [0.25, 0.3) is 0 Å². The van der Waals surface area contributed by atoms with Crippen molar-refractivity contribution in [3.05, 3.63) is 34.8 Å². The SMILES string of the molecule is O=C(c1cc(OCC2CCOCC2)nc(C2CC2)c1)N1CCC2CN(C(=O)N3CCc4n[nH]nc4C3)C[C@@H]2CC1. The summed E-state index contributed by atoms with van der Waals surface area (Å²) in [7, 11) is 0. The number of pyridine rings is 1. The van der Waals surface area contributed by atoms with Gasteiger partial charge in [0.1, 0.15) is 5.69 Å².